The van der Waals surface area contributed by atoms with E-state index >= 15 is 0 Å². The summed E-state index contributed by atoms with van der Waals surface area (Å²) in [7, 11) is 0. The van der Waals surface area contributed by atoms with Crippen molar-refractivity contribution in [1.82, 2.24) is 19.7 Å². The molecule has 0 atom stereocenters. The van der Waals surface area contributed by atoms with Crippen molar-refractivity contribution >= 4 is 22.8 Å². The van der Waals surface area contributed by atoms with Crippen LogP contribution in [-0.4, -0.2) is 36.9 Å². The molecule has 0 unspecified atom stereocenters. The van der Waals surface area contributed by atoms with Gasteiger partial charge in [-0.1, -0.05) is 18.2 Å². The van der Waals surface area contributed by atoms with Gasteiger partial charge in [0.05, 0.1) is 23.2 Å². The first-order valence-electron chi connectivity index (χ1n) is 8.46. The average Bonchev–Trinajstić information content (AvgIpc) is 3.08. The maximum atomic E-state index is 11.1. The molecule has 1 aliphatic carbocycles. The van der Waals surface area contributed by atoms with Gasteiger partial charge in [0.2, 0.25) is 0 Å². The summed E-state index contributed by atoms with van der Waals surface area (Å²) in [4.78, 5) is 19.8. The van der Waals surface area contributed by atoms with E-state index in [9.17, 15) is 4.79 Å². The van der Waals surface area contributed by atoms with Crippen LogP contribution in [0.1, 0.15) is 25.7 Å². The second-order valence-electron chi connectivity index (χ2n) is 6.38. The second-order valence-corrected chi connectivity index (χ2v) is 6.38. The number of nitrogens with zero attached hydrogens (tertiary/aromatic N) is 4. The molecular formula is C18H19N5O2. The van der Waals surface area contributed by atoms with Crippen molar-refractivity contribution in [1.29, 1.82) is 0 Å². The van der Waals surface area contributed by atoms with Crippen LogP contribution < -0.4 is 5.32 Å². The van der Waals surface area contributed by atoms with Crippen LogP contribution in [0.15, 0.2) is 42.9 Å². The molecule has 25 heavy (non-hydrogen) atoms. The van der Waals surface area contributed by atoms with Crippen LogP contribution in [0.3, 0.4) is 0 Å². The summed E-state index contributed by atoms with van der Waals surface area (Å²) in [5, 5.41) is 17.9. The van der Waals surface area contributed by atoms with Crippen molar-refractivity contribution in [3.63, 3.8) is 0 Å². The molecule has 0 saturated heterocycles. The highest BCUT2D eigenvalue weighted by Crippen LogP contribution is 2.28. The van der Waals surface area contributed by atoms with E-state index in [1.54, 1.807) is 10.9 Å². The predicted octanol–water partition coefficient (Wildman–Crippen LogP) is 2.87. The maximum Gasteiger partial charge on any atom is 0.306 e. The lowest BCUT2D eigenvalue weighted by Gasteiger charge is -2.27. The number of aliphatic carboxylic acids is 1. The Morgan fingerprint density at radius 2 is 1.88 bits per heavy atom. The fraction of sp³-hybridized carbons (Fsp3) is 0.333. The summed E-state index contributed by atoms with van der Waals surface area (Å²) < 4.78 is 1.80. The van der Waals surface area contributed by atoms with Crippen molar-refractivity contribution in [2.75, 3.05) is 5.32 Å². The zero-order valence-electron chi connectivity index (χ0n) is 13.7. The second kappa shape index (κ2) is 6.51. The summed E-state index contributed by atoms with van der Waals surface area (Å²) >= 11 is 0. The topological polar surface area (TPSA) is 92.9 Å². The Balaban J connectivity index is 1.57. The number of hydrogen-bond acceptors (Lipinski definition) is 5. The number of aromatic nitrogens is 4. The Kier molecular flexibility index (Phi) is 4.05. The molecule has 2 aromatic heterocycles. The fourth-order valence-electron chi connectivity index (χ4n) is 3.40. The molecule has 128 valence electrons. The van der Waals surface area contributed by atoms with Crippen LogP contribution in [-0.2, 0) is 4.79 Å². The summed E-state index contributed by atoms with van der Waals surface area (Å²) in [6.45, 7) is 0. The smallest absolute Gasteiger partial charge is 0.306 e. The lowest BCUT2D eigenvalue weighted by molar-refractivity contribution is -0.142. The molecule has 2 N–H and O–H groups in total. The van der Waals surface area contributed by atoms with Crippen molar-refractivity contribution in [2.45, 2.75) is 31.7 Å². The SMILES string of the molecule is O=C(O)C1CCC(Nc2ncnc3c2cnn3-c2ccccc2)CC1. The molecule has 1 fully saturated rings. The molecule has 7 heteroatoms. The third-order valence-corrected chi connectivity index (χ3v) is 4.78. The van der Waals surface area contributed by atoms with E-state index in [-0.39, 0.29) is 12.0 Å². The summed E-state index contributed by atoms with van der Waals surface area (Å²) in [5.74, 6) is -0.151. The first-order chi connectivity index (χ1) is 12.2. The number of carboxylic acids is 1. The van der Waals surface area contributed by atoms with Gasteiger partial charge < -0.3 is 10.4 Å². The number of para-hydroxylation sites is 1. The quantitative estimate of drug-likeness (QED) is 0.760. The number of carboxylic acid groups (broad SMARTS) is 1. The third-order valence-electron chi connectivity index (χ3n) is 4.78. The largest absolute Gasteiger partial charge is 0.481 e. The lowest BCUT2D eigenvalue weighted by atomic mass is 9.86. The van der Waals surface area contributed by atoms with E-state index in [0.29, 0.717) is 12.8 Å². The predicted molar refractivity (Wildman–Crippen MR) is 93.7 cm³/mol. The molecule has 1 aliphatic rings. The van der Waals surface area contributed by atoms with Crippen LogP contribution in [0.4, 0.5) is 5.82 Å². The molecule has 2 heterocycles. The third kappa shape index (κ3) is 3.05. The van der Waals surface area contributed by atoms with Gasteiger partial charge in [0, 0.05) is 6.04 Å². The standard InChI is InChI=1S/C18H19N5O2/c24-18(25)12-6-8-13(9-7-12)22-16-15-10-21-23(17(15)20-11-19-16)14-4-2-1-3-5-14/h1-5,10-13H,6-9H2,(H,24,25)(H,19,20,22). The molecule has 7 nitrogen and oxygen atoms in total. The van der Waals surface area contributed by atoms with Crippen molar-refractivity contribution in [3.8, 4) is 5.69 Å². The summed E-state index contributed by atoms with van der Waals surface area (Å²) in [6, 6.07) is 10.1. The number of rotatable bonds is 4. The summed E-state index contributed by atoms with van der Waals surface area (Å²) in [5.41, 5.74) is 1.70. The maximum absolute atomic E-state index is 11.1. The normalized spacial score (nSPS) is 20.5. The zero-order valence-corrected chi connectivity index (χ0v) is 13.7. The lowest BCUT2D eigenvalue weighted by Crippen LogP contribution is -2.29. The fourth-order valence-corrected chi connectivity index (χ4v) is 3.40. The minimum atomic E-state index is -0.688. The van der Waals surface area contributed by atoms with Crippen LogP contribution in [0.2, 0.25) is 0 Å². The highest BCUT2D eigenvalue weighted by molar-refractivity contribution is 5.87. The van der Waals surface area contributed by atoms with Crippen LogP contribution >= 0.6 is 0 Å². The van der Waals surface area contributed by atoms with E-state index in [4.69, 9.17) is 5.11 Å². The molecule has 1 saturated carbocycles. The van der Waals surface area contributed by atoms with Gasteiger partial charge >= 0.3 is 5.97 Å². The van der Waals surface area contributed by atoms with Crippen LogP contribution in [0, 0.1) is 5.92 Å². The minimum absolute atomic E-state index is 0.218. The highest BCUT2D eigenvalue weighted by atomic mass is 16.4. The number of fused-ring (bicyclic) bond motifs is 1. The Morgan fingerprint density at radius 1 is 1.12 bits per heavy atom. The van der Waals surface area contributed by atoms with Crippen molar-refractivity contribution in [3.05, 3.63) is 42.9 Å². The molecule has 0 bridgehead atoms. The molecule has 0 spiro atoms. The van der Waals surface area contributed by atoms with Gasteiger partial charge in [0.15, 0.2) is 5.65 Å². The van der Waals surface area contributed by atoms with E-state index < -0.39 is 5.97 Å². The molecule has 3 aromatic rings. The first kappa shape index (κ1) is 15.6. The number of nitrogens with one attached hydrogen (secondary N) is 1. The van der Waals surface area contributed by atoms with Gasteiger partial charge in [-0.2, -0.15) is 5.10 Å². The van der Waals surface area contributed by atoms with Gasteiger partial charge in [-0.3, -0.25) is 4.79 Å². The monoisotopic (exact) mass is 337 g/mol. The molecule has 4 rings (SSSR count). The average molecular weight is 337 g/mol. The number of carbonyl (C=O) groups is 1. The summed E-state index contributed by atoms with van der Waals surface area (Å²) in [6.07, 6.45) is 6.36. The Bertz CT molecular complexity index is 885. The molecule has 0 radical (unpaired) electrons. The van der Waals surface area contributed by atoms with Crippen molar-refractivity contribution < 1.29 is 9.90 Å². The molecular weight excluding hydrogens is 318 g/mol. The Hall–Kier alpha value is -2.96. The Labute approximate surface area is 144 Å². The highest BCUT2D eigenvalue weighted by Gasteiger charge is 2.26. The van der Waals surface area contributed by atoms with Gasteiger partial charge in [-0.25, -0.2) is 14.6 Å². The van der Waals surface area contributed by atoms with Gasteiger partial charge in [0.1, 0.15) is 12.1 Å². The van der Waals surface area contributed by atoms with Gasteiger partial charge in [0.25, 0.3) is 0 Å². The van der Waals surface area contributed by atoms with Crippen LogP contribution in [0.25, 0.3) is 16.7 Å². The van der Waals surface area contributed by atoms with Gasteiger partial charge in [-0.05, 0) is 37.8 Å². The van der Waals surface area contributed by atoms with Gasteiger partial charge in [-0.15, -0.1) is 0 Å². The van der Waals surface area contributed by atoms with Crippen LogP contribution in [0.5, 0.6) is 0 Å². The van der Waals surface area contributed by atoms with E-state index in [1.807, 2.05) is 30.3 Å². The first-order valence-corrected chi connectivity index (χ1v) is 8.46. The van der Waals surface area contributed by atoms with E-state index in [0.717, 1.165) is 35.4 Å². The molecule has 0 aliphatic heterocycles. The molecule has 0 amide bonds. The van der Waals surface area contributed by atoms with E-state index in [2.05, 4.69) is 20.4 Å². The van der Waals surface area contributed by atoms with E-state index in [1.165, 1.54) is 6.33 Å². The Morgan fingerprint density at radius 3 is 2.60 bits per heavy atom. The number of benzene rings is 1. The zero-order chi connectivity index (χ0) is 17.2. The van der Waals surface area contributed by atoms with Crippen molar-refractivity contribution in [2.24, 2.45) is 5.92 Å². The minimum Gasteiger partial charge on any atom is -0.481 e. The molecule has 1 aromatic carbocycles. The number of hydrogen-bond donors (Lipinski definition) is 2. The number of anilines is 1.